The number of anilines is 1. The van der Waals surface area contributed by atoms with Crippen LogP contribution in [-0.4, -0.2) is 30.6 Å². The molecular weight excluding hydrogens is 292 g/mol. The van der Waals surface area contributed by atoms with Gasteiger partial charge in [0.1, 0.15) is 6.61 Å². The number of ether oxygens (including phenoxy) is 1. The summed E-state index contributed by atoms with van der Waals surface area (Å²) in [4.78, 5) is 13.0. The minimum Gasteiger partial charge on any atom is -0.402 e. The summed E-state index contributed by atoms with van der Waals surface area (Å²) in [5.74, 6) is 0.537. The third-order valence-corrected chi connectivity index (χ3v) is 3.95. The molecule has 21 heavy (non-hydrogen) atoms. The molecule has 0 aliphatic heterocycles. The van der Waals surface area contributed by atoms with Crippen molar-refractivity contribution in [2.45, 2.75) is 19.4 Å². The number of thioether (sulfide) groups is 1. The molecule has 8 heteroatoms. The second-order valence-corrected chi connectivity index (χ2v) is 5.64. The van der Waals surface area contributed by atoms with Crippen molar-refractivity contribution in [3.8, 4) is 0 Å². The zero-order valence-corrected chi connectivity index (χ0v) is 12.7. The van der Waals surface area contributed by atoms with Crippen molar-refractivity contribution in [3.63, 3.8) is 0 Å². The molecule has 0 unspecified atom stereocenters. The molecule has 1 aliphatic carbocycles. The Morgan fingerprint density at radius 2 is 2.43 bits per heavy atom. The van der Waals surface area contributed by atoms with Crippen molar-refractivity contribution < 1.29 is 18.7 Å². The van der Waals surface area contributed by atoms with E-state index in [2.05, 4.69) is 10.6 Å². The Balaban J connectivity index is 1.75. The maximum atomic E-state index is 11.8. The highest BCUT2D eigenvalue weighted by atomic mass is 32.2. The standard InChI is InChI=1S/C13H18N4O3S/c1-19-7-6-17-8-13(20-16-17)15-12(18)9-21-11-4-2-10(14)3-5-11/h2,4,8H,3,5-7,9,14H2,1H3/p+1. The Morgan fingerprint density at radius 3 is 3.14 bits per heavy atom. The molecule has 1 aromatic heterocycles. The Hall–Kier alpha value is -1.80. The van der Waals surface area contributed by atoms with Crippen LogP contribution in [0.15, 0.2) is 33.5 Å². The molecule has 1 amide bonds. The fraction of sp³-hybridized carbons (Fsp3) is 0.462. The van der Waals surface area contributed by atoms with Gasteiger partial charge >= 0.3 is 5.88 Å². The summed E-state index contributed by atoms with van der Waals surface area (Å²) < 4.78 is 11.5. The summed E-state index contributed by atoms with van der Waals surface area (Å²) in [5.41, 5.74) is 6.57. The molecule has 0 radical (unpaired) electrons. The van der Waals surface area contributed by atoms with E-state index >= 15 is 0 Å². The van der Waals surface area contributed by atoms with Crippen LogP contribution >= 0.6 is 11.8 Å². The molecule has 1 aromatic rings. The fourth-order valence-corrected chi connectivity index (χ4v) is 2.51. The zero-order chi connectivity index (χ0) is 15.1. The molecule has 0 saturated carbocycles. The molecule has 3 N–H and O–H groups in total. The van der Waals surface area contributed by atoms with Crippen molar-refractivity contribution in [3.05, 3.63) is 29.0 Å². The lowest BCUT2D eigenvalue weighted by molar-refractivity contribution is -0.763. The van der Waals surface area contributed by atoms with Gasteiger partial charge in [-0.3, -0.25) is 14.6 Å². The van der Waals surface area contributed by atoms with Gasteiger partial charge in [0.15, 0.2) is 0 Å². The molecule has 7 nitrogen and oxygen atoms in total. The number of hydrogen-bond donors (Lipinski definition) is 2. The summed E-state index contributed by atoms with van der Waals surface area (Å²) >= 11 is 1.51. The SMILES string of the molecule is COCC[n+]1cc(NC(=O)CSC2=CC=C(N)CC2)on1. The normalized spacial score (nSPS) is 14.5. The van der Waals surface area contributed by atoms with Gasteiger partial charge in [-0.15, -0.1) is 11.8 Å². The van der Waals surface area contributed by atoms with E-state index in [1.807, 2.05) is 12.2 Å². The molecule has 0 bridgehead atoms. The second kappa shape index (κ2) is 7.84. The van der Waals surface area contributed by atoms with Crippen LogP contribution in [0.4, 0.5) is 5.88 Å². The van der Waals surface area contributed by atoms with Gasteiger partial charge in [-0.25, -0.2) is 0 Å². The number of nitrogens with zero attached hydrogens (tertiary/aromatic N) is 2. The molecule has 0 fully saturated rings. The van der Waals surface area contributed by atoms with Gasteiger partial charge in [0.05, 0.1) is 5.75 Å². The predicted molar refractivity (Wildman–Crippen MR) is 79.2 cm³/mol. The monoisotopic (exact) mass is 311 g/mol. The number of rotatable bonds is 7. The van der Waals surface area contributed by atoms with E-state index in [9.17, 15) is 4.79 Å². The number of aromatic nitrogens is 2. The maximum Gasteiger partial charge on any atom is 0.302 e. The lowest BCUT2D eigenvalue weighted by Crippen LogP contribution is -2.36. The number of methoxy groups -OCH3 is 1. The largest absolute Gasteiger partial charge is 0.402 e. The van der Waals surface area contributed by atoms with E-state index in [1.54, 1.807) is 18.0 Å². The second-order valence-electron chi connectivity index (χ2n) is 4.53. The van der Waals surface area contributed by atoms with E-state index in [-0.39, 0.29) is 5.91 Å². The number of amides is 1. The van der Waals surface area contributed by atoms with Crippen LogP contribution in [0.1, 0.15) is 12.8 Å². The van der Waals surface area contributed by atoms with E-state index in [0.29, 0.717) is 24.8 Å². The molecule has 1 aliphatic rings. The molecule has 0 atom stereocenters. The van der Waals surface area contributed by atoms with Crippen LogP contribution in [-0.2, 0) is 16.1 Å². The van der Waals surface area contributed by atoms with Crippen molar-refractivity contribution >= 4 is 23.6 Å². The van der Waals surface area contributed by atoms with Gasteiger partial charge in [0.25, 0.3) is 6.20 Å². The van der Waals surface area contributed by atoms with Gasteiger partial charge < -0.3 is 10.5 Å². The molecule has 0 saturated heterocycles. The van der Waals surface area contributed by atoms with Crippen molar-refractivity contribution in [2.75, 3.05) is 24.8 Å². The lowest BCUT2D eigenvalue weighted by Gasteiger charge is -2.10. The molecule has 1 heterocycles. The number of carbonyl (C=O) groups is 1. The summed E-state index contributed by atoms with van der Waals surface area (Å²) in [6.07, 6.45) is 7.22. The average Bonchev–Trinajstić information content (AvgIpc) is 2.92. The molecule has 114 valence electrons. The highest BCUT2D eigenvalue weighted by molar-refractivity contribution is 8.03. The summed E-state index contributed by atoms with van der Waals surface area (Å²) in [6.45, 7) is 1.11. The van der Waals surface area contributed by atoms with Crippen molar-refractivity contribution in [1.82, 2.24) is 5.27 Å². The number of nitrogens with one attached hydrogen (secondary N) is 1. The summed E-state index contributed by atoms with van der Waals surface area (Å²) in [6, 6.07) is 0. The van der Waals surface area contributed by atoms with Crippen LogP contribution in [0, 0.1) is 0 Å². The third-order valence-electron chi connectivity index (χ3n) is 2.83. The smallest absolute Gasteiger partial charge is 0.302 e. The van der Waals surface area contributed by atoms with E-state index < -0.39 is 0 Å². The highest BCUT2D eigenvalue weighted by Crippen LogP contribution is 2.25. The first-order valence-electron chi connectivity index (χ1n) is 6.60. The highest BCUT2D eigenvalue weighted by Gasteiger charge is 2.14. The van der Waals surface area contributed by atoms with Crippen LogP contribution in [0.25, 0.3) is 0 Å². The molecular formula is C13H19N4O3S+. The lowest BCUT2D eigenvalue weighted by atomic mass is 10.1. The maximum absolute atomic E-state index is 11.8. The summed E-state index contributed by atoms with van der Waals surface area (Å²) in [5, 5.41) is 6.44. The van der Waals surface area contributed by atoms with Crippen LogP contribution in [0.2, 0.25) is 0 Å². The van der Waals surface area contributed by atoms with Gasteiger partial charge in [0.2, 0.25) is 17.7 Å². The quantitative estimate of drug-likeness (QED) is 0.723. The van der Waals surface area contributed by atoms with E-state index in [1.165, 1.54) is 11.8 Å². The van der Waals surface area contributed by atoms with Gasteiger partial charge in [-0.1, -0.05) is 6.08 Å². The van der Waals surface area contributed by atoms with E-state index in [0.717, 1.165) is 23.4 Å². The van der Waals surface area contributed by atoms with Crippen molar-refractivity contribution in [1.29, 1.82) is 0 Å². The van der Waals surface area contributed by atoms with Gasteiger partial charge in [0, 0.05) is 12.8 Å². The Kier molecular flexibility index (Phi) is 5.82. The van der Waals surface area contributed by atoms with E-state index in [4.69, 9.17) is 15.0 Å². The number of hydrogen-bond acceptors (Lipinski definition) is 6. The van der Waals surface area contributed by atoms with Crippen molar-refractivity contribution in [2.24, 2.45) is 5.73 Å². The predicted octanol–water partition coefficient (Wildman–Crippen LogP) is 0.801. The van der Waals surface area contributed by atoms with Crippen LogP contribution < -0.4 is 15.7 Å². The van der Waals surface area contributed by atoms with Gasteiger partial charge in [-0.05, 0) is 28.5 Å². The average molecular weight is 311 g/mol. The zero-order valence-electron chi connectivity index (χ0n) is 11.9. The molecule has 0 aromatic carbocycles. The van der Waals surface area contributed by atoms with Crippen LogP contribution in [0.3, 0.4) is 0 Å². The third kappa shape index (κ3) is 5.24. The number of nitrogens with two attached hydrogens (primary N) is 1. The topological polar surface area (TPSA) is 94.3 Å². The Labute approximate surface area is 127 Å². The number of allylic oxidation sites excluding steroid dienone is 4. The number of carbonyl (C=O) groups excluding carboxylic acids is 1. The molecule has 2 rings (SSSR count). The molecule has 0 spiro atoms. The summed E-state index contributed by atoms with van der Waals surface area (Å²) in [7, 11) is 1.61. The minimum absolute atomic E-state index is 0.126. The minimum atomic E-state index is -0.126. The first-order valence-corrected chi connectivity index (χ1v) is 7.59. The first-order chi connectivity index (χ1) is 10.2. The Bertz CT molecular complexity index is 553. The van der Waals surface area contributed by atoms with Crippen LogP contribution in [0.5, 0.6) is 0 Å². The Morgan fingerprint density at radius 1 is 1.57 bits per heavy atom. The fourth-order valence-electron chi connectivity index (χ4n) is 1.71. The first kappa shape index (κ1) is 15.6. The van der Waals surface area contributed by atoms with Gasteiger partial charge in [-0.2, -0.15) is 0 Å².